The molecular weight excluding hydrogens is 389 g/mol. The van der Waals surface area contributed by atoms with Crippen LogP contribution >= 0.6 is 11.3 Å². The highest BCUT2D eigenvalue weighted by Gasteiger charge is 2.37. The van der Waals surface area contributed by atoms with E-state index < -0.39 is 15.8 Å². The molecule has 1 fully saturated rings. The number of hydrogen-bond donors (Lipinski definition) is 1. The highest BCUT2D eigenvalue weighted by Crippen LogP contribution is 2.36. The first-order valence-electron chi connectivity index (χ1n) is 8.31. The minimum Gasteiger partial charge on any atom is -0.300 e. The third kappa shape index (κ3) is 3.68. The molecule has 1 aliphatic rings. The Morgan fingerprint density at radius 2 is 1.96 bits per heavy atom. The normalized spacial score (nSPS) is 17.9. The van der Waals surface area contributed by atoms with Crippen molar-refractivity contribution in [3.8, 4) is 0 Å². The predicted octanol–water partition coefficient (Wildman–Crippen LogP) is 3.34. The number of sulfonamides is 1. The van der Waals surface area contributed by atoms with Gasteiger partial charge in [0, 0.05) is 24.3 Å². The Balaban J connectivity index is 1.62. The first kappa shape index (κ1) is 18.0. The fourth-order valence-corrected chi connectivity index (χ4v) is 5.26. The molecule has 4 rings (SSSR count). The Bertz CT molecular complexity index is 1030. The molecule has 140 valence electrons. The van der Waals surface area contributed by atoms with Gasteiger partial charge in [0.15, 0.2) is 5.13 Å². The van der Waals surface area contributed by atoms with E-state index in [-0.39, 0.29) is 10.9 Å². The predicted molar refractivity (Wildman–Crippen MR) is 99.7 cm³/mol. The number of thiazole rings is 1. The zero-order valence-electron chi connectivity index (χ0n) is 14.1. The van der Waals surface area contributed by atoms with E-state index in [0.717, 1.165) is 18.6 Å². The number of aromatic nitrogens is 3. The Kier molecular flexibility index (Phi) is 4.85. The molecule has 0 amide bonds. The lowest BCUT2D eigenvalue weighted by Gasteiger charge is -2.24. The van der Waals surface area contributed by atoms with Gasteiger partial charge in [0.2, 0.25) is 16.0 Å². The SMILES string of the molecule is O=S(=O)(c1ccc(F)cc1)N1CCC[C@@H]1c1ccnc(Nc2nccs2)n1. The topological polar surface area (TPSA) is 88.1 Å². The average Bonchev–Trinajstić information content (AvgIpc) is 3.34. The summed E-state index contributed by atoms with van der Waals surface area (Å²) in [6, 6.07) is 6.21. The van der Waals surface area contributed by atoms with Crippen LogP contribution in [0.2, 0.25) is 0 Å². The second-order valence-corrected chi connectivity index (χ2v) is 8.78. The molecule has 1 aliphatic heterocycles. The van der Waals surface area contributed by atoms with Crippen molar-refractivity contribution in [2.45, 2.75) is 23.8 Å². The number of nitrogens with zero attached hydrogens (tertiary/aromatic N) is 4. The molecule has 3 heterocycles. The second kappa shape index (κ2) is 7.29. The molecule has 3 aromatic rings. The van der Waals surface area contributed by atoms with Crippen LogP contribution in [0.5, 0.6) is 0 Å². The van der Waals surface area contributed by atoms with Crippen molar-refractivity contribution in [2.75, 3.05) is 11.9 Å². The maximum atomic E-state index is 13.2. The smallest absolute Gasteiger partial charge is 0.243 e. The number of anilines is 2. The Morgan fingerprint density at radius 3 is 2.70 bits per heavy atom. The van der Waals surface area contributed by atoms with E-state index in [1.807, 2.05) is 5.38 Å². The summed E-state index contributed by atoms with van der Waals surface area (Å²) >= 11 is 1.42. The quantitative estimate of drug-likeness (QED) is 0.700. The molecule has 0 radical (unpaired) electrons. The van der Waals surface area contributed by atoms with E-state index in [9.17, 15) is 12.8 Å². The molecule has 7 nitrogen and oxygen atoms in total. The van der Waals surface area contributed by atoms with Crippen LogP contribution in [0.1, 0.15) is 24.6 Å². The lowest BCUT2D eigenvalue weighted by molar-refractivity contribution is 0.390. The van der Waals surface area contributed by atoms with Crippen molar-refractivity contribution in [2.24, 2.45) is 0 Å². The molecule has 10 heteroatoms. The largest absolute Gasteiger partial charge is 0.300 e. The molecular formula is C17H16FN5O2S2. The molecule has 27 heavy (non-hydrogen) atoms. The molecule has 2 aromatic heterocycles. The first-order chi connectivity index (χ1) is 13.0. The van der Waals surface area contributed by atoms with Crippen LogP contribution < -0.4 is 5.32 Å². The van der Waals surface area contributed by atoms with Gasteiger partial charge in [-0.3, -0.25) is 0 Å². The molecule has 1 atom stereocenters. The van der Waals surface area contributed by atoms with Crippen LogP contribution in [0.25, 0.3) is 0 Å². The van der Waals surface area contributed by atoms with Gasteiger partial charge in [0.1, 0.15) is 5.82 Å². The van der Waals surface area contributed by atoms with Gasteiger partial charge in [0.05, 0.1) is 16.6 Å². The van der Waals surface area contributed by atoms with E-state index >= 15 is 0 Å². The van der Waals surface area contributed by atoms with Gasteiger partial charge >= 0.3 is 0 Å². The zero-order chi connectivity index (χ0) is 18.9. The number of nitrogens with one attached hydrogen (secondary N) is 1. The Labute approximate surface area is 160 Å². The van der Waals surface area contributed by atoms with Gasteiger partial charge in [0.25, 0.3) is 0 Å². The number of halogens is 1. The molecule has 1 aromatic carbocycles. The van der Waals surface area contributed by atoms with Crippen molar-refractivity contribution < 1.29 is 12.8 Å². The lowest BCUT2D eigenvalue weighted by Crippen LogP contribution is -2.31. The lowest BCUT2D eigenvalue weighted by atomic mass is 10.1. The monoisotopic (exact) mass is 405 g/mol. The standard InChI is InChI=1S/C17H16FN5O2S2/c18-12-3-5-13(6-4-12)27(24,25)23-10-1-2-15(23)14-7-8-19-16(21-14)22-17-20-9-11-26-17/h3-9,11,15H,1-2,10H2,(H,19,20,21,22)/t15-/m1/s1. The number of rotatable bonds is 5. The van der Waals surface area contributed by atoms with Crippen molar-refractivity contribution in [1.29, 1.82) is 0 Å². The Hall–Kier alpha value is -2.43. The average molecular weight is 405 g/mol. The second-order valence-electron chi connectivity index (χ2n) is 6.00. The summed E-state index contributed by atoms with van der Waals surface area (Å²) in [5, 5.41) is 5.51. The summed E-state index contributed by atoms with van der Waals surface area (Å²) < 4.78 is 40.6. The van der Waals surface area contributed by atoms with E-state index in [2.05, 4.69) is 20.3 Å². The molecule has 0 unspecified atom stereocenters. The molecule has 1 saturated heterocycles. The maximum absolute atomic E-state index is 13.2. The first-order valence-corrected chi connectivity index (χ1v) is 10.6. The summed E-state index contributed by atoms with van der Waals surface area (Å²) in [5.74, 6) is -0.103. The van der Waals surface area contributed by atoms with Crippen LogP contribution in [-0.2, 0) is 10.0 Å². The highest BCUT2D eigenvalue weighted by molar-refractivity contribution is 7.89. The number of hydrogen-bond acceptors (Lipinski definition) is 7. The minimum atomic E-state index is -3.74. The summed E-state index contributed by atoms with van der Waals surface area (Å²) in [6.45, 7) is 0.392. The van der Waals surface area contributed by atoms with E-state index in [4.69, 9.17) is 0 Å². The van der Waals surface area contributed by atoms with Crippen LogP contribution in [0.15, 0.2) is 53.0 Å². The summed E-state index contributed by atoms with van der Waals surface area (Å²) in [4.78, 5) is 12.9. The molecule has 0 aliphatic carbocycles. The minimum absolute atomic E-state index is 0.0750. The van der Waals surface area contributed by atoms with Gasteiger partial charge in [-0.1, -0.05) is 0 Å². The maximum Gasteiger partial charge on any atom is 0.243 e. The van der Waals surface area contributed by atoms with Crippen LogP contribution in [0.4, 0.5) is 15.5 Å². The number of benzene rings is 1. The Morgan fingerprint density at radius 1 is 1.15 bits per heavy atom. The van der Waals surface area contributed by atoms with Crippen molar-refractivity contribution in [3.63, 3.8) is 0 Å². The van der Waals surface area contributed by atoms with Crippen molar-refractivity contribution in [3.05, 3.63) is 59.6 Å². The summed E-state index contributed by atoms with van der Waals surface area (Å²) in [5.41, 5.74) is 0.618. The fourth-order valence-electron chi connectivity index (χ4n) is 3.06. The summed E-state index contributed by atoms with van der Waals surface area (Å²) in [7, 11) is -3.74. The zero-order valence-corrected chi connectivity index (χ0v) is 15.8. The molecule has 0 bridgehead atoms. The van der Waals surface area contributed by atoms with Crippen LogP contribution in [0.3, 0.4) is 0 Å². The van der Waals surface area contributed by atoms with E-state index in [1.165, 1.54) is 27.8 Å². The third-order valence-electron chi connectivity index (χ3n) is 4.29. The van der Waals surface area contributed by atoms with Gasteiger partial charge < -0.3 is 5.32 Å². The molecule has 0 saturated carbocycles. The molecule has 0 spiro atoms. The fraction of sp³-hybridized carbons (Fsp3) is 0.235. The van der Waals surface area contributed by atoms with Gasteiger partial charge in [-0.15, -0.1) is 11.3 Å². The van der Waals surface area contributed by atoms with Gasteiger partial charge in [-0.25, -0.2) is 27.8 Å². The third-order valence-corrected chi connectivity index (χ3v) is 6.90. The molecule has 1 N–H and O–H groups in total. The van der Waals surface area contributed by atoms with E-state index in [1.54, 1.807) is 18.5 Å². The highest BCUT2D eigenvalue weighted by atomic mass is 32.2. The summed E-state index contributed by atoms with van der Waals surface area (Å²) in [6.07, 6.45) is 4.66. The van der Waals surface area contributed by atoms with Crippen LogP contribution in [0, 0.1) is 5.82 Å². The van der Waals surface area contributed by atoms with Crippen molar-refractivity contribution in [1.82, 2.24) is 19.3 Å². The van der Waals surface area contributed by atoms with Crippen LogP contribution in [-0.4, -0.2) is 34.2 Å². The van der Waals surface area contributed by atoms with Crippen molar-refractivity contribution >= 4 is 32.4 Å². The van der Waals surface area contributed by atoms with Gasteiger partial charge in [-0.05, 0) is 43.2 Å². The van der Waals surface area contributed by atoms with E-state index in [0.29, 0.717) is 29.7 Å². The van der Waals surface area contributed by atoms with Gasteiger partial charge in [-0.2, -0.15) is 4.31 Å².